The maximum Gasteiger partial charge on any atom is 0.243 e. The van der Waals surface area contributed by atoms with Gasteiger partial charge in [-0.25, -0.2) is 13.1 Å². The molecule has 152 valence electrons. The number of nitrogens with zero attached hydrogens (tertiary/aromatic N) is 4. The Morgan fingerprint density at radius 3 is 2.54 bits per heavy atom. The van der Waals surface area contributed by atoms with Gasteiger partial charge in [-0.15, -0.1) is 0 Å². The topological polar surface area (TPSA) is 76.9 Å². The lowest BCUT2D eigenvalue weighted by atomic mass is 10.3. The highest BCUT2D eigenvalue weighted by molar-refractivity contribution is 7.89. The number of benzene rings is 1. The summed E-state index contributed by atoms with van der Waals surface area (Å²) in [5.74, 6) is 1.09. The Bertz CT molecular complexity index is 1010. The van der Waals surface area contributed by atoms with Gasteiger partial charge < -0.3 is 9.47 Å². The quantitative estimate of drug-likeness (QED) is 0.671. The van der Waals surface area contributed by atoms with Gasteiger partial charge in [-0.1, -0.05) is 11.3 Å². The van der Waals surface area contributed by atoms with Crippen molar-refractivity contribution in [2.24, 2.45) is 0 Å². The third-order valence-electron chi connectivity index (χ3n) is 4.73. The second kappa shape index (κ2) is 8.07. The monoisotopic (exact) mass is 442 g/mol. The molecule has 0 spiro atoms. The lowest BCUT2D eigenvalue weighted by Gasteiger charge is -2.33. The average molecular weight is 443 g/mol. The van der Waals surface area contributed by atoms with E-state index in [0.717, 1.165) is 15.4 Å². The van der Waals surface area contributed by atoms with Crippen LogP contribution in [0, 0.1) is 10.9 Å². The molecule has 0 aliphatic carbocycles. The molecule has 1 aromatic heterocycles. The van der Waals surface area contributed by atoms with E-state index < -0.39 is 10.0 Å². The van der Waals surface area contributed by atoms with Crippen LogP contribution in [0.4, 0.5) is 0 Å². The molecule has 0 saturated carbocycles. The first-order valence-electron chi connectivity index (χ1n) is 9.10. The van der Waals surface area contributed by atoms with E-state index in [2.05, 4.69) is 10.00 Å². The number of hydrogen-bond acceptors (Lipinski definition) is 8. The highest BCUT2D eigenvalue weighted by Gasteiger charge is 2.29. The van der Waals surface area contributed by atoms with Crippen molar-refractivity contribution in [3.8, 4) is 11.5 Å². The normalized spacial score (nSPS) is 18.8. The van der Waals surface area contributed by atoms with Gasteiger partial charge >= 0.3 is 0 Å². The molecule has 1 saturated heterocycles. The summed E-state index contributed by atoms with van der Waals surface area (Å²) in [5, 5.41) is 5.33. The zero-order valence-corrected chi connectivity index (χ0v) is 18.0. The molecular weight excluding hydrogens is 420 g/mol. The molecule has 0 radical (unpaired) electrons. The number of fused-ring (bicyclic) bond motifs is 1. The summed E-state index contributed by atoms with van der Waals surface area (Å²) in [4.78, 5) is 2.40. The molecule has 0 atom stereocenters. The van der Waals surface area contributed by atoms with E-state index in [9.17, 15) is 8.42 Å². The first kappa shape index (κ1) is 19.8. The molecule has 28 heavy (non-hydrogen) atoms. The van der Waals surface area contributed by atoms with E-state index in [0.29, 0.717) is 57.6 Å². The number of sulfonamides is 1. The van der Waals surface area contributed by atoms with Gasteiger partial charge in [-0.05, 0) is 31.3 Å². The summed E-state index contributed by atoms with van der Waals surface area (Å²) in [6.07, 6.45) is 0.779. The van der Waals surface area contributed by atoms with Crippen LogP contribution in [-0.2, 0) is 16.7 Å². The smallest absolute Gasteiger partial charge is 0.243 e. The molecule has 2 aromatic rings. The summed E-state index contributed by atoms with van der Waals surface area (Å²) in [5.41, 5.74) is 0. The Kier molecular flexibility index (Phi) is 5.70. The van der Waals surface area contributed by atoms with Crippen LogP contribution in [0.25, 0.3) is 0 Å². The van der Waals surface area contributed by atoms with Crippen molar-refractivity contribution in [3.63, 3.8) is 0 Å². The number of rotatable bonds is 4. The van der Waals surface area contributed by atoms with Crippen LogP contribution in [0.1, 0.15) is 11.4 Å². The number of hydrogen-bond donors (Lipinski definition) is 0. The fourth-order valence-corrected chi connectivity index (χ4v) is 5.75. The first-order valence-corrected chi connectivity index (χ1v) is 11.8. The third-order valence-corrected chi connectivity index (χ3v) is 7.85. The molecule has 1 fully saturated rings. The van der Waals surface area contributed by atoms with Gasteiger partial charge in [0.25, 0.3) is 0 Å². The second-order valence-electron chi connectivity index (χ2n) is 6.71. The van der Waals surface area contributed by atoms with Gasteiger partial charge in [0.15, 0.2) is 15.5 Å². The SMILES string of the molecule is Cc1nn(CN2CCN(S(=O)(=O)c3ccc4c(c3)OCCCO4)CC2)c(=S)s1. The molecule has 4 rings (SSSR count). The second-order valence-corrected chi connectivity index (χ2v) is 10.5. The van der Waals surface area contributed by atoms with Crippen molar-refractivity contribution in [2.45, 2.75) is 24.9 Å². The first-order chi connectivity index (χ1) is 13.4. The van der Waals surface area contributed by atoms with E-state index in [1.54, 1.807) is 22.9 Å². The van der Waals surface area contributed by atoms with Gasteiger partial charge in [0.1, 0.15) is 5.01 Å². The maximum absolute atomic E-state index is 13.1. The molecule has 11 heteroatoms. The predicted molar refractivity (Wildman–Crippen MR) is 108 cm³/mol. The summed E-state index contributed by atoms with van der Waals surface area (Å²) >= 11 is 6.79. The highest BCUT2D eigenvalue weighted by Crippen LogP contribution is 2.33. The Labute approximate surface area is 173 Å². The van der Waals surface area contributed by atoms with Crippen molar-refractivity contribution in [2.75, 3.05) is 39.4 Å². The Hall–Kier alpha value is -1.53. The van der Waals surface area contributed by atoms with E-state index in [4.69, 9.17) is 21.7 Å². The lowest BCUT2D eigenvalue weighted by Crippen LogP contribution is -2.48. The molecule has 8 nitrogen and oxygen atoms in total. The highest BCUT2D eigenvalue weighted by atomic mass is 32.2. The molecule has 2 aliphatic rings. The number of aryl methyl sites for hydroxylation is 1. The summed E-state index contributed by atoms with van der Waals surface area (Å²) < 4.78 is 41.4. The van der Waals surface area contributed by atoms with Gasteiger partial charge in [-0.3, -0.25) is 4.90 Å². The molecule has 0 bridgehead atoms. The summed E-state index contributed by atoms with van der Waals surface area (Å²) in [7, 11) is -3.58. The number of piperazine rings is 1. The van der Waals surface area contributed by atoms with Gasteiger partial charge in [0.2, 0.25) is 10.0 Å². The Balaban J connectivity index is 1.44. The molecule has 0 unspecified atom stereocenters. The molecule has 3 heterocycles. The standard InChI is InChI=1S/C17H22N4O4S3/c1-13-18-21(17(26)27-13)12-19-5-7-20(8-6-19)28(22,23)14-3-4-15-16(11-14)25-10-2-9-24-15/h3-4,11H,2,5-10,12H2,1H3. The van der Waals surface area contributed by atoms with Crippen LogP contribution in [0.2, 0.25) is 0 Å². The number of aromatic nitrogens is 2. The Morgan fingerprint density at radius 1 is 1.14 bits per heavy atom. The maximum atomic E-state index is 13.1. The van der Waals surface area contributed by atoms with Crippen molar-refractivity contribution in [1.82, 2.24) is 19.0 Å². The molecule has 1 aromatic carbocycles. The minimum absolute atomic E-state index is 0.238. The average Bonchev–Trinajstić information content (AvgIpc) is 2.86. The van der Waals surface area contributed by atoms with Crippen LogP contribution >= 0.6 is 23.6 Å². The third kappa shape index (κ3) is 4.08. The van der Waals surface area contributed by atoms with Gasteiger partial charge in [0, 0.05) is 38.7 Å². The Morgan fingerprint density at radius 2 is 1.86 bits per heavy atom. The fourth-order valence-electron chi connectivity index (χ4n) is 3.25. The van der Waals surface area contributed by atoms with Crippen LogP contribution in [0.3, 0.4) is 0 Å². The van der Waals surface area contributed by atoms with Crippen molar-refractivity contribution in [3.05, 3.63) is 27.2 Å². The lowest BCUT2D eigenvalue weighted by molar-refractivity contribution is 0.145. The van der Waals surface area contributed by atoms with Crippen LogP contribution < -0.4 is 9.47 Å². The van der Waals surface area contributed by atoms with Gasteiger partial charge in [0.05, 0.1) is 24.8 Å². The van der Waals surface area contributed by atoms with Crippen molar-refractivity contribution in [1.29, 1.82) is 0 Å². The molecule has 0 N–H and O–H groups in total. The van der Waals surface area contributed by atoms with Gasteiger partial charge in [-0.2, -0.15) is 9.40 Å². The van der Waals surface area contributed by atoms with Crippen molar-refractivity contribution >= 4 is 33.6 Å². The van der Waals surface area contributed by atoms with E-state index in [-0.39, 0.29) is 4.90 Å². The van der Waals surface area contributed by atoms with E-state index >= 15 is 0 Å². The number of ether oxygens (including phenoxy) is 2. The van der Waals surface area contributed by atoms with Crippen LogP contribution in [-0.4, -0.2) is 66.8 Å². The minimum atomic E-state index is -3.58. The largest absolute Gasteiger partial charge is 0.490 e. The summed E-state index contributed by atoms with van der Waals surface area (Å²) in [6.45, 7) is 5.71. The summed E-state index contributed by atoms with van der Waals surface area (Å²) in [6, 6.07) is 4.84. The minimum Gasteiger partial charge on any atom is -0.490 e. The fraction of sp³-hybridized carbons (Fsp3) is 0.529. The predicted octanol–water partition coefficient (Wildman–Crippen LogP) is 2.11. The molecule has 2 aliphatic heterocycles. The van der Waals surface area contributed by atoms with Crippen LogP contribution in [0.5, 0.6) is 11.5 Å². The van der Waals surface area contributed by atoms with E-state index in [1.165, 1.54) is 15.6 Å². The molecular formula is C17H22N4O4S3. The zero-order valence-electron chi connectivity index (χ0n) is 15.5. The van der Waals surface area contributed by atoms with E-state index in [1.807, 2.05) is 6.92 Å². The molecule has 0 amide bonds. The van der Waals surface area contributed by atoms with Crippen LogP contribution in [0.15, 0.2) is 23.1 Å². The zero-order chi connectivity index (χ0) is 19.7. The van der Waals surface area contributed by atoms with Crippen molar-refractivity contribution < 1.29 is 17.9 Å².